The Hall–Kier alpha value is -1.50. The standard InChI is InChI=1S/C18H15BrCl2N2O4S/c1-26-16-3-2-13(27-18-14(20)6-11(19)7-15(18)21)8-17(16)28(24,25)23-12-4-10(5-12)9-22/h2-3,6-8,10,12,23H,4-5H2,1H3/t10-,12-. The summed E-state index contributed by atoms with van der Waals surface area (Å²) in [6, 6.07) is 9.47. The van der Waals surface area contributed by atoms with Crippen LogP contribution in [-0.4, -0.2) is 21.6 Å². The van der Waals surface area contributed by atoms with Crippen LogP contribution in [0.2, 0.25) is 10.0 Å². The molecule has 0 amide bonds. The molecule has 1 saturated carbocycles. The summed E-state index contributed by atoms with van der Waals surface area (Å²) in [5.74, 6) is 0.495. The number of rotatable bonds is 6. The Kier molecular flexibility index (Phi) is 6.42. The molecule has 1 aliphatic carbocycles. The molecule has 1 N–H and O–H groups in total. The van der Waals surface area contributed by atoms with E-state index in [0.29, 0.717) is 17.3 Å². The maximum Gasteiger partial charge on any atom is 0.244 e. The van der Waals surface area contributed by atoms with Gasteiger partial charge in [-0.2, -0.15) is 5.26 Å². The third-order valence-electron chi connectivity index (χ3n) is 4.25. The first-order chi connectivity index (χ1) is 13.2. The van der Waals surface area contributed by atoms with Gasteiger partial charge in [-0.05, 0) is 37.1 Å². The van der Waals surface area contributed by atoms with Gasteiger partial charge in [0.15, 0.2) is 5.75 Å². The van der Waals surface area contributed by atoms with Gasteiger partial charge in [-0.3, -0.25) is 0 Å². The molecule has 1 fully saturated rings. The summed E-state index contributed by atoms with van der Waals surface area (Å²) in [6.07, 6.45) is 0.969. The number of sulfonamides is 1. The second-order valence-corrected chi connectivity index (χ2v) is 9.64. The highest BCUT2D eigenvalue weighted by Crippen LogP contribution is 2.40. The van der Waals surface area contributed by atoms with Gasteiger partial charge in [0, 0.05) is 22.5 Å². The van der Waals surface area contributed by atoms with E-state index in [0.717, 1.165) is 0 Å². The van der Waals surface area contributed by atoms with Gasteiger partial charge in [0.05, 0.1) is 23.2 Å². The molecule has 0 radical (unpaired) electrons. The highest BCUT2D eigenvalue weighted by atomic mass is 79.9. The van der Waals surface area contributed by atoms with Gasteiger partial charge in [-0.1, -0.05) is 39.1 Å². The van der Waals surface area contributed by atoms with Gasteiger partial charge in [0.2, 0.25) is 10.0 Å². The zero-order valence-corrected chi connectivity index (χ0v) is 18.5. The predicted molar refractivity (Wildman–Crippen MR) is 110 cm³/mol. The number of nitriles is 1. The predicted octanol–water partition coefficient (Wildman–Crippen LogP) is 5.14. The molecule has 148 valence electrons. The molecule has 10 heteroatoms. The normalized spacial score (nSPS) is 18.8. The van der Waals surface area contributed by atoms with Crippen molar-refractivity contribution < 1.29 is 17.9 Å². The Morgan fingerprint density at radius 1 is 1.21 bits per heavy atom. The fraction of sp³-hybridized carbons (Fsp3) is 0.278. The van der Waals surface area contributed by atoms with Crippen LogP contribution in [-0.2, 0) is 10.0 Å². The number of hydrogen-bond donors (Lipinski definition) is 1. The van der Waals surface area contributed by atoms with E-state index in [-0.39, 0.29) is 44.1 Å². The van der Waals surface area contributed by atoms with Crippen molar-refractivity contribution in [2.45, 2.75) is 23.8 Å². The van der Waals surface area contributed by atoms with Crippen LogP contribution in [0.5, 0.6) is 17.2 Å². The Morgan fingerprint density at radius 2 is 1.86 bits per heavy atom. The van der Waals surface area contributed by atoms with Crippen molar-refractivity contribution in [2.24, 2.45) is 5.92 Å². The van der Waals surface area contributed by atoms with E-state index in [9.17, 15) is 8.42 Å². The van der Waals surface area contributed by atoms with Gasteiger partial charge in [0.25, 0.3) is 0 Å². The second-order valence-electron chi connectivity index (χ2n) is 6.23. The molecule has 2 aromatic rings. The lowest BCUT2D eigenvalue weighted by atomic mass is 9.82. The van der Waals surface area contributed by atoms with E-state index in [1.165, 1.54) is 19.2 Å². The lowest BCUT2D eigenvalue weighted by molar-refractivity contribution is 0.307. The maximum atomic E-state index is 12.8. The van der Waals surface area contributed by atoms with Crippen molar-refractivity contribution >= 4 is 49.2 Å². The summed E-state index contributed by atoms with van der Waals surface area (Å²) in [7, 11) is -2.49. The zero-order valence-electron chi connectivity index (χ0n) is 14.6. The molecule has 3 rings (SSSR count). The molecule has 0 saturated heterocycles. The smallest absolute Gasteiger partial charge is 0.244 e. The van der Waals surface area contributed by atoms with Crippen LogP contribution in [0.1, 0.15) is 12.8 Å². The molecule has 6 nitrogen and oxygen atoms in total. The highest BCUT2D eigenvalue weighted by Gasteiger charge is 2.33. The molecule has 1 aliphatic rings. The fourth-order valence-corrected chi connectivity index (χ4v) is 5.51. The first-order valence-corrected chi connectivity index (χ1v) is 11.2. The monoisotopic (exact) mass is 504 g/mol. The molecule has 0 spiro atoms. The van der Waals surface area contributed by atoms with Crippen LogP contribution in [0, 0.1) is 17.2 Å². The van der Waals surface area contributed by atoms with Crippen molar-refractivity contribution in [1.29, 1.82) is 5.26 Å². The number of halogens is 3. The first-order valence-electron chi connectivity index (χ1n) is 8.16. The molecule has 0 aliphatic heterocycles. The molecule has 28 heavy (non-hydrogen) atoms. The lowest BCUT2D eigenvalue weighted by Crippen LogP contribution is -2.43. The Morgan fingerprint density at radius 3 is 2.43 bits per heavy atom. The average Bonchev–Trinajstić information content (AvgIpc) is 2.60. The van der Waals surface area contributed by atoms with Gasteiger partial charge < -0.3 is 9.47 Å². The van der Waals surface area contributed by atoms with E-state index < -0.39 is 10.0 Å². The van der Waals surface area contributed by atoms with E-state index >= 15 is 0 Å². The van der Waals surface area contributed by atoms with Crippen LogP contribution < -0.4 is 14.2 Å². The topological polar surface area (TPSA) is 88.4 Å². The summed E-state index contributed by atoms with van der Waals surface area (Å²) in [5.41, 5.74) is 0. The molecular weight excluding hydrogens is 491 g/mol. The second kappa shape index (κ2) is 8.47. The van der Waals surface area contributed by atoms with Crippen LogP contribution in [0.4, 0.5) is 0 Å². The Balaban J connectivity index is 1.89. The molecule has 0 bridgehead atoms. The van der Waals surface area contributed by atoms with E-state index in [2.05, 4.69) is 26.7 Å². The number of methoxy groups -OCH3 is 1. The van der Waals surface area contributed by atoms with Crippen LogP contribution >= 0.6 is 39.1 Å². The van der Waals surface area contributed by atoms with E-state index in [1.54, 1.807) is 18.2 Å². The summed E-state index contributed by atoms with van der Waals surface area (Å²) in [4.78, 5) is -0.0720. The average molecular weight is 506 g/mol. The van der Waals surface area contributed by atoms with Gasteiger partial charge in [0.1, 0.15) is 16.4 Å². The minimum Gasteiger partial charge on any atom is -0.495 e. The minimum atomic E-state index is -3.87. The van der Waals surface area contributed by atoms with Crippen LogP contribution in [0.25, 0.3) is 0 Å². The quantitative estimate of drug-likeness (QED) is 0.587. The molecule has 0 unspecified atom stereocenters. The summed E-state index contributed by atoms with van der Waals surface area (Å²) in [5, 5.41) is 9.40. The first kappa shape index (κ1) is 21.2. The minimum absolute atomic E-state index is 0.0720. The number of nitrogens with zero attached hydrogens (tertiary/aromatic N) is 1. The fourth-order valence-electron chi connectivity index (χ4n) is 2.78. The molecule has 0 heterocycles. The Labute approximate surface area is 181 Å². The van der Waals surface area contributed by atoms with Gasteiger partial charge in [-0.15, -0.1) is 0 Å². The third-order valence-corrected chi connectivity index (χ3v) is 6.81. The number of ether oxygens (including phenoxy) is 2. The highest BCUT2D eigenvalue weighted by molar-refractivity contribution is 9.10. The van der Waals surface area contributed by atoms with Crippen LogP contribution in [0.3, 0.4) is 0 Å². The summed E-state index contributed by atoms with van der Waals surface area (Å²) in [6.45, 7) is 0. The van der Waals surface area contributed by atoms with Crippen molar-refractivity contribution in [3.05, 3.63) is 44.8 Å². The van der Waals surface area contributed by atoms with Crippen molar-refractivity contribution in [1.82, 2.24) is 4.72 Å². The van der Waals surface area contributed by atoms with Gasteiger partial charge in [-0.25, -0.2) is 13.1 Å². The SMILES string of the molecule is COc1ccc(Oc2c(Cl)cc(Br)cc2Cl)cc1S(=O)(=O)N[C@H]1C[C@H](C#N)C1. The number of hydrogen-bond acceptors (Lipinski definition) is 5. The Bertz CT molecular complexity index is 1030. The summed E-state index contributed by atoms with van der Waals surface area (Å²) < 4.78 is 39.8. The van der Waals surface area contributed by atoms with E-state index in [4.69, 9.17) is 37.9 Å². The largest absolute Gasteiger partial charge is 0.495 e. The van der Waals surface area contributed by atoms with Crippen molar-refractivity contribution in [2.75, 3.05) is 7.11 Å². The van der Waals surface area contributed by atoms with Crippen LogP contribution in [0.15, 0.2) is 39.7 Å². The number of nitrogens with one attached hydrogen (secondary N) is 1. The third kappa shape index (κ3) is 4.56. The van der Waals surface area contributed by atoms with Gasteiger partial charge >= 0.3 is 0 Å². The number of benzene rings is 2. The van der Waals surface area contributed by atoms with E-state index in [1.807, 2.05) is 0 Å². The lowest BCUT2D eigenvalue weighted by Gasteiger charge is -2.31. The summed E-state index contributed by atoms with van der Waals surface area (Å²) >= 11 is 15.6. The molecule has 2 aromatic carbocycles. The maximum absolute atomic E-state index is 12.8. The van der Waals surface area contributed by atoms with Crippen molar-refractivity contribution in [3.63, 3.8) is 0 Å². The molecule has 0 aromatic heterocycles. The van der Waals surface area contributed by atoms with Crippen molar-refractivity contribution in [3.8, 4) is 23.3 Å². The molecule has 0 atom stereocenters. The zero-order chi connectivity index (χ0) is 20.5. The molecular formula is C18H15BrCl2N2O4S.